The molecular formula is C12H10FN3O3S. The molecule has 2 aromatic rings. The number of rotatable bonds is 3. The normalized spacial score (nSPS) is 10.3. The van der Waals surface area contributed by atoms with E-state index in [1.165, 1.54) is 19.3 Å². The van der Waals surface area contributed by atoms with Gasteiger partial charge < -0.3 is 10.0 Å². The van der Waals surface area contributed by atoms with Gasteiger partial charge in [-0.2, -0.15) is 8.76 Å². The zero-order valence-corrected chi connectivity index (χ0v) is 11.4. The van der Waals surface area contributed by atoms with Crippen LogP contribution >= 0.6 is 11.5 Å². The van der Waals surface area contributed by atoms with Crippen molar-refractivity contribution in [3.05, 3.63) is 41.1 Å². The molecule has 104 valence electrons. The van der Waals surface area contributed by atoms with Gasteiger partial charge in [0, 0.05) is 24.9 Å². The molecule has 0 saturated carbocycles. The predicted octanol–water partition coefficient (Wildman–Crippen LogP) is 1.96. The standard InChI is InChI=1S/C12H10FN3O3S/c1-6-9(12(18)19)11(20-15-6)16(2)10(17)7-3-4-14-8(13)5-7/h3-5H,1-2H3,(H,18,19). The maximum atomic E-state index is 13.0. The fourth-order valence-corrected chi connectivity index (χ4v) is 2.50. The quantitative estimate of drug-likeness (QED) is 0.875. The monoisotopic (exact) mass is 295 g/mol. The summed E-state index contributed by atoms with van der Waals surface area (Å²) in [6.07, 6.45) is 1.17. The number of nitrogens with zero attached hydrogens (tertiary/aromatic N) is 3. The van der Waals surface area contributed by atoms with Crippen LogP contribution in [0.4, 0.5) is 9.39 Å². The van der Waals surface area contributed by atoms with E-state index in [-0.39, 0.29) is 16.1 Å². The molecule has 0 aromatic carbocycles. The van der Waals surface area contributed by atoms with E-state index in [1.54, 1.807) is 6.92 Å². The number of anilines is 1. The van der Waals surface area contributed by atoms with Crippen LogP contribution < -0.4 is 4.90 Å². The molecule has 0 bridgehead atoms. The van der Waals surface area contributed by atoms with Gasteiger partial charge in [-0.1, -0.05) is 0 Å². The zero-order valence-electron chi connectivity index (χ0n) is 10.6. The van der Waals surface area contributed by atoms with Gasteiger partial charge >= 0.3 is 5.97 Å². The van der Waals surface area contributed by atoms with Crippen LogP contribution in [0.5, 0.6) is 0 Å². The zero-order chi connectivity index (χ0) is 14.9. The van der Waals surface area contributed by atoms with Crippen LogP contribution in [0, 0.1) is 12.9 Å². The number of amides is 1. The van der Waals surface area contributed by atoms with Gasteiger partial charge in [0.15, 0.2) is 0 Å². The lowest BCUT2D eigenvalue weighted by Gasteiger charge is -2.15. The molecule has 1 N–H and O–H groups in total. The maximum Gasteiger partial charge on any atom is 0.340 e. The summed E-state index contributed by atoms with van der Waals surface area (Å²) >= 11 is 0.905. The number of pyridine rings is 1. The van der Waals surface area contributed by atoms with E-state index in [4.69, 9.17) is 5.11 Å². The number of aryl methyl sites for hydroxylation is 1. The molecule has 0 fully saturated rings. The van der Waals surface area contributed by atoms with Gasteiger partial charge in [0.2, 0.25) is 5.95 Å². The Bertz CT molecular complexity index is 686. The Morgan fingerprint density at radius 1 is 1.45 bits per heavy atom. The Kier molecular flexibility index (Phi) is 3.75. The Labute approximate surface area is 117 Å². The van der Waals surface area contributed by atoms with Crippen molar-refractivity contribution in [2.75, 3.05) is 11.9 Å². The second-order valence-corrected chi connectivity index (χ2v) is 4.74. The maximum absolute atomic E-state index is 13.0. The minimum atomic E-state index is -1.16. The summed E-state index contributed by atoms with van der Waals surface area (Å²) in [6, 6.07) is 2.35. The minimum absolute atomic E-state index is 0.0274. The van der Waals surface area contributed by atoms with Gasteiger partial charge in [0.1, 0.15) is 10.6 Å². The molecule has 0 aliphatic carbocycles. The van der Waals surface area contributed by atoms with E-state index in [0.29, 0.717) is 5.69 Å². The molecule has 0 saturated heterocycles. The highest BCUT2D eigenvalue weighted by Gasteiger charge is 2.24. The number of aromatic carboxylic acids is 1. The number of carbonyl (C=O) groups is 2. The van der Waals surface area contributed by atoms with Crippen molar-refractivity contribution in [1.82, 2.24) is 9.36 Å². The predicted molar refractivity (Wildman–Crippen MR) is 70.7 cm³/mol. The number of aromatic nitrogens is 2. The number of carboxylic acid groups (broad SMARTS) is 1. The average Bonchev–Trinajstić information content (AvgIpc) is 2.79. The highest BCUT2D eigenvalue weighted by molar-refractivity contribution is 7.11. The third-order valence-electron chi connectivity index (χ3n) is 2.64. The first kappa shape index (κ1) is 14.1. The topological polar surface area (TPSA) is 83.4 Å². The van der Waals surface area contributed by atoms with Gasteiger partial charge in [-0.3, -0.25) is 4.79 Å². The summed E-state index contributed by atoms with van der Waals surface area (Å²) < 4.78 is 17.0. The van der Waals surface area contributed by atoms with Crippen molar-refractivity contribution in [3.63, 3.8) is 0 Å². The lowest BCUT2D eigenvalue weighted by molar-refractivity contribution is 0.0697. The highest BCUT2D eigenvalue weighted by Crippen LogP contribution is 2.28. The van der Waals surface area contributed by atoms with E-state index in [2.05, 4.69) is 9.36 Å². The second-order valence-electron chi connectivity index (χ2n) is 3.98. The molecule has 0 spiro atoms. The first-order valence-corrected chi connectivity index (χ1v) is 6.28. The van der Waals surface area contributed by atoms with Crippen molar-refractivity contribution in [1.29, 1.82) is 0 Å². The molecule has 8 heteroatoms. The van der Waals surface area contributed by atoms with Crippen LogP contribution in [0.25, 0.3) is 0 Å². The fraction of sp³-hybridized carbons (Fsp3) is 0.167. The van der Waals surface area contributed by atoms with E-state index in [9.17, 15) is 14.0 Å². The fourth-order valence-electron chi connectivity index (χ4n) is 1.65. The summed E-state index contributed by atoms with van der Waals surface area (Å²) in [4.78, 5) is 27.9. The third-order valence-corrected chi connectivity index (χ3v) is 3.66. The van der Waals surface area contributed by atoms with Gasteiger partial charge in [0.05, 0.1) is 5.69 Å². The van der Waals surface area contributed by atoms with Crippen molar-refractivity contribution in [2.45, 2.75) is 6.92 Å². The first-order chi connectivity index (χ1) is 9.41. The number of carboxylic acids is 1. The van der Waals surface area contributed by atoms with E-state index < -0.39 is 17.8 Å². The summed E-state index contributed by atoms with van der Waals surface area (Å²) in [5.41, 5.74) is 0.390. The van der Waals surface area contributed by atoms with Gasteiger partial charge in [-0.15, -0.1) is 0 Å². The SMILES string of the molecule is Cc1nsc(N(C)C(=O)c2ccnc(F)c2)c1C(=O)O. The molecular weight excluding hydrogens is 285 g/mol. The number of hydrogen-bond donors (Lipinski definition) is 1. The van der Waals surface area contributed by atoms with Crippen LogP contribution in [-0.2, 0) is 0 Å². The minimum Gasteiger partial charge on any atom is -0.478 e. The third kappa shape index (κ3) is 2.50. The highest BCUT2D eigenvalue weighted by atomic mass is 32.1. The molecule has 0 aliphatic heterocycles. The lowest BCUT2D eigenvalue weighted by Crippen LogP contribution is -2.27. The average molecular weight is 295 g/mol. The molecule has 0 atom stereocenters. The van der Waals surface area contributed by atoms with Crippen LogP contribution in [0.2, 0.25) is 0 Å². The van der Waals surface area contributed by atoms with Gasteiger partial charge in [-0.25, -0.2) is 9.78 Å². The lowest BCUT2D eigenvalue weighted by atomic mass is 10.2. The number of carbonyl (C=O) groups excluding carboxylic acids is 1. The molecule has 0 unspecified atom stereocenters. The van der Waals surface area contributed by atoms with Crippen LogP contribution in [-0.4, -0.2) is 33.4 Å². The Balaban J connectivity index is 2.39. The summed E-state index contributed by atoms with van der Waals surface area (Å²) in [6.45, 7) is 1.55. The van der Waals surface area contributed by atoms with Crippen LogP contribution in [0.3, 0.4) is 0 Å². The Hall–Kier alpha value is -2.35. The molecule has 2 rings (SSSR count). The van der Waals surface area contributed by atoms with Gasteiger partial charge in [0.25, 0.3) is 5.91 Å². The van der Waals surface area contributed by atoms with E-state index >= 15 is 0 Å². The smallest absolute Gasteiger partial charge is 0.340 e. The van der Waals surface area contributed by atoms with Crippen LogP contribution in [0.15, 0.2) is 18.3 Å². The van der Waals surface area contributed by atoms with Crippen LogP contribution in [0.1, 0.15) is 26.4 Å². The molecule has 2 heterocycles. The Morgan fingerprint density at radius 3 is 2.75 bits per heavy atom. The molecule has 1 amide bonds. The first-order valence-electron chi connectivity index (χ1n) is 5.51. The molecule has 6 nitrogen and oxygen atoms in total. The van der Waals surface area contributed by atoms with Crippen molar-refractivity contribution in [2.24, 2.45) is 0 Å². The molecule has 20 heavy (non-hydrogen) atoms. The summed E-state index contributed by atoms with van der Waals surface area (Å²) in [5, 5.41) is 9.35. The molecule has 2 aromatic heterocycles. The number of hydrogen-bond acceptors (Lipinski definition) is 5. The number of halogens is 1. The molecule has 0 radical (unpaired) electrons. The second kappa shape index (κ2) is 5.33. The summed E-state index contributed by atoms with van der Waals surface area (Å²) in [5.74, 6) is -2.47. The van der Waals surface area contributed by atoms with Crippen molar-refractivity contribution in [3.8, 4) is 0 Å². The van der Waals surface area contributed by atoms with E-state index in [1.807, 2.05) is 0 Å². The Morgan fingerprint density at radius 2 is 2.15 bits per heavy atom. The van der Waals surface area contributed by atoms with Crippen molar-refractivity contribution < 1.29 is 19.1 Å². The molecule has 0 aliphatic rings. The van der Waals surface area contributed by atoms with Gasteiger partial charge in [-0.05, 0) is 24.5 Å². The van der Waals surface area contributed by atoms with E-state index in [0.717, 1.165) is 22.5 Å². The summed E-state index contributed by atoms with van der Waals surface area (Å²) in [7, 11) is 1.42. The van der Waals surface area contributed by atoms with Crippen molar-refractivity contribution >= 4 is 28.4 Å². The largest absolute Gasteiger partial charge is 0.478 e.